The third-order valence-electron chi connectivity index (χ3n) is 4.12. The Balaban J connectivity index is 1.62. The van der Waals surface area contributed by atoms with E-state index in [0.29, 0.717) is 6.61 Å². The van der Waals surface area contributed by atoms with Crippen molar-refractivity contribution in [1.29, 1.82) is 0 Å². The molecule has 1 N–H and O–H groups in total. The Morgan fingerprint density at radius 1 is 1.24 bits per heavy atom. The smallest absolute Gasteiger partial charge is 0.123 e. The van der Waals surface area contributed by atoms with Gasteiger partial charge in [0.15, 0.2) is 0 Å². The first-order chi connectivity index (χ1) is 10.3. The van der Waals surface area contributed by atoms with Crippen LogP contribution in [0.3, 0.4) is 0 Å². The van der Waals surface area contributed by atoms with Gasteiger partial charge in [-0.1, -0.05) is 6.92 Å². The molecule has 118 valence electrons. The minimum atomic E-state index is -0.221. The Morgan fingerprint density at radius 2 is 1.95 bits per heavy atom. The summed E-state index contributed by atoms with van der Waals surface area (Å²) in [4.78, 5) is 2.52. The molecule has 0 unspecified atom stereocenters. The highest BCUT2D eigenvalue weighted by Gasteiger charge is 2.15. The summed E-state index contributed by atoms with van der Waals surface area (Å²) in [5, 5.41) is 3.42. The average Bonchev–Trinajstić information content (AvgIpc) is 2.53. The first-order valence-electron chi connectivity index (χ1n) is 8.09. The van der Waals surface area contributed by atoms with E-state index in [1.54, 1.807) is 12.1 Å². The third-order valence-corrected chi connectivity index (χ3v) is 4.12. The predicted molar refractivity (Wildman–Crippen MR) is 84.2 cm³/mol. The van der Waals surface area contributed by atoms with Gasteiger partial charge in [0, 0.05) is 13.1 Å². The van der Waals surface area contributed by atoms with Crippen LogP contribution in [0.5, 0.6) is 5.75 Å². The van der Waals surface area contributed by atoms with Gasteiger partial charge in [0.1, 0.15) is 11.6 Å². The van der Waals surface area contributed by atoms with Crippen molar-refractivity contribution >= 4 is 0 Å². The molecule has 21 heavy (non-hydrogen) atoms. The van der Waals surface area contributed by atoms with E-state index in [0.717, 1.165) is 44.3 Å². The lowest BCUT2D eigenvalue weighted by Gasteiger charge is -2.29. The zero-order valence-corrected chi connectivity index (χ0v) is 13.0. The minimum Gasteiger partial charge on any atom is -0.494 e. The van der Waals surface area contributed by atoms with Crippen LogP contribution in [-0.4, -0.2) is 44.2 Å². The maximum atomic E-state index is 12.8. The largest absolute Gasteiger partial charge is 0.494 e. The molecule has 0 aliphatic carbocycles. The van der Waals surface area contributed by atoms with E-state index in [-0.39, 0.29) is 5.82 Å². The van der Waals surface area contributed by atoms with Crippen molar-refractivity contribution in [3.8, 4) is 5.75 Å². The molecule has 0 bridgehead atoms. The molecule has 1 heterocycles. The van der Waals surface area contributed by atoms with Crippen molar-refractivity contribution in [2.24, 2.45) is 5.92 Å². The summed E-state index contributed by atoms with van der Waals surface area (Å²) in [6, 6.07) is 6.24. The lowest BCUT2D eigenvalue weighted by molar-refractivity contribution is 0.196. The van der Waals surface area contributed by atoms with Crippen molar-refractivity contribution in [2.45, 2.75) is 26.2 Å². The van der Waals surface area contributed by atoms with Gasteiger partial charge >= 0.3 is 0 Å². The second-order valence-electron chi connectivity index (χ2n) is 5.74. The normalized spacial score (nSPS) is 16.3. The van der Waals surface area contributed by atoms with Crippen molar-refractivity contribution in [1.82, 2.24) is 10.2 Å². The SMILES string of the molecule is CCN(CCCOc1ccc(F)cc1)CC1CCNCC1. The molecule has 0 atom stereocenters. The number of nitrogens with one attached hydrogen (secondary N) is 1. The fraction of sp³-hybridized carbons (Fsp3) is 0.647. The van der Waals surface area contributed by atoms with Gasteiger partial charge in [0.2, 0.25) is 0 Å². The van der Waals surface area contributed by atoms with E-state index in [9.17, 15) is 4.39 Å². The van der Waals surface area contributed by atoms with Gasteiger partial charge in [-0.05, 0) is 69.1 Å². The fourth-order valence-electron chi connectivity index (χ4n) is 2.82. The topological polar surface area (TPSA) is 24.5 Å². The second kappa shape index (κ2) is 9.00. The van der Waals surface area contributed by atoms with Crippen LogP contribution in [0.2, 0.25) is 0 Å². The van der Waals surface area contributed by atoms with Crippen LogP contribution < -0.4 is 10.1 Å². The van der Waals surface area contributed by atoms with Crippen LogP contribution in [0.1, 0.15) is 26.2 Å². The van der Waals surface area contributed by atoms with Gasteiger partial charge in [-0.3, -0.25) is 0 Å². The van der Waals surface area contributed by atoms with Crippen molar-refractivity contribution < 1.29 is 9.13 Å². The van der Waals surface area contributed by atoms with Crippen LogP contribution in [0, 0.1) is 11.7 Å². The van der Waals surface area contributed by atoms with E-state index in [1.165, 1.54) is 31.5 Å². The summed E-state index contributed by atoms with van der Waals surface area (Å²) in [5.41, 5.74) is 0. The zero-order valence-electron chi connectivity index (χ0n) is 13.0. The lowest BCUT2D eigenvalue weighted by atomic mass is 9.97. The Labute approximate surface area is 127 Å². The number of rotatable bonds is 8. The minimum absolute atomic E-state index is 0.221. The highest BCUT2D eigenvalue weighted by atomic mass is 19.1. The van der Waals surface area contributed by atoms with E-state index >= 15 is 0 Å². The summed E-state index contributed by atoms with van der Waals surface area (Å²) >= 11 is 0. The van der Waals surface area contributed by atoms with E-state index in [2.05, 4.69) is 17.1 Å². The van der Waals surface area contributed by atoms with Crippen LogP contribution in [0.25, 0.3) is 0 Å². The molecule has 0 radical (unpaired) electrons. The Hall–Kier alpha value is -1.13. The highest BCUT2D eigenvalue weighted by molar-refractivity contribution is 5.21. The first-order valence-corrected chi connectivity index (χ1v) is 8.09. The fourth-order valence-corrected chi connectivity index (χ4v) is 2.82. The molecular weight excluding hydrogens is 267 g/mol. The maximum absolute atomic E-state index is 12.8. The lowest BCUT2D eigenvalue weighted by Crippen LogP contribution is -2.36. The molecule has 1 saturated heterocycles. The molecular formula is C17H27FN2O. The Bertz CT molecular complexity index is 390. The zero-order chi connectivity index (χ0) is 14.9. The summed E-state index contributed by atoms with van der Waals surface area (Å²) in [5.74, 6) is 1.36. The monoisotopic (exact) mass is 294 g/mol. The molecule has 1 aliphatic heterocycles. The molecule has 1 aromatic rings. The molecule has 0 spiro atoms. The number of benzene rings is 1. The number of halogens is 1. The van der Waals surface area contributed by atoms with Gasteiger partial charge in [0.05, 0.1) is 6.61 Å². The van der Waals surface area contributed by atoms with E-state index < -0.39 is 0 Å². The van der Waals surface area contributed by atoms with Crippen LogP contribution in [0.4, 0.5) is 4.39 Å². The summed E-state index contributed by atoms with van der Waals surface area (Å²) in [7, 11) is 0. The molecule has 4 heteroatoms. The van der Waals surface area contributed by atoms with Gasteiger partial charge in [0.25, 0.3) is 0 Å². The Morgan fingerprint density at radius 3 is 2.62 bits per heavy atom. The molecule has 1 aliphatic rings. The number of hydrogen-bond donors (Lipinski definition) is 1. The van der Waals surface area contributed by atoms with Gasteiger partial charge in [-0.2, -0.15) is 0 Å². The highest BCUT2D eigenvalue weighted by Crippen LogP contribution is 2.14. The molecule has 3 nitrogen and oxygen atoms in total. The number of hydrogen-bond acceptors (Lipinski definition) is 3. The standard InChI is InChI=1S/C17H27FN2O/c1-2-20(14-15-8-10-19-11-9-15)12-3-13-21-17-6-4-16(18)5-7-17/h4-7,15,19H,2-3,8-14H2,1H3. The van der Waals surface area contributed by atoms with Crippen LogP contribution in [-0.2, 0) is 0 Å². The molecule has 0 saturated carbocycles. The van der Waals surface area contributed by atoms with Crippen LogP contribution in [0.15, 0.2) is 24.3 Å². The predicted octanol–water partition coefficient (Wildman–Crippen LogP) is 2.92. The van der Waals surface area contributed by atoms with Crippen molar-refractivity contribution in [2.75, 3.05) is 39.3 Å². The molecule has 1 aromatic carbocycles. The number of nitrogens with zero attached hydrogens (tertiary/aromatic N) is 1. The summed E-state index contributed by atoms with van der Waals surface area (Å²) < 4.78 is 18.4. The van der Waals surface area contributed by atoms with Gasteiger partial charge in [-0.25, -0.2) is 4.39 Å². The summed E-state index contributed by atoms with van der Waals surface area (Å²) in [6.45, 7) is 8.61. The third kappa shape index (κ3) is 6.02. The quantitative estimate of drug-likeness (QED) is 0.746. The molecule has 0 amide bonds. The van der Waals surface area contributed by atoms with Gasteiger partial charge in [-0.15, -0.1) is 0 Å². The number of piperidine rings is 1. The molecule has 1 fully saturated rings. The maximum Gasteiger partial charge on any atom is 0.123 e. The second-order valence-corrected chi connectivity index (χ2v) is 5.74. The van der Waals surface area contributed by atoms with Crippen molar-refractivity contribution in [3.63, 3.8) is 0 Å². The van der Waals surface area contributed by atoms with Crippen molar-refractivity contribution in [3.05, 3.63) is 30.1 Å². The molecule has 2 rings (SSSR count). The van der Waals surface area contributed by atoms with E-state index in [4.69, 9.17) is 4.74 Å². The number of ether oxygens (including phenoxy) is 1. The molecule has 0 aromatic heterocycles. The van der Waals surface area contributed by atoms with E-state index in [1.807, 2.05) is 0 Å². The first kappa shape index (κ1) is 16.2. The van der Waals surface area contributed by atoms with Gasteiger partial charge < -0.3 is 15.0 Å². The van der Waals surface area contributed by atoms with Crippen LogP contribution >= 0.6 is 0 Å². The average molecular weight is 294 g/mol. The Kier molecular flexibility index (Phi) is 6.96. The summed E-state index contributed by atoms with van der Waals surface area (Å²) in [6.07, 6.45) is 3.60.